The molecule has 2 atom stereocenters. The summed E-state index contributed by atoms with van der Waals surface area (Å²) in [6.07, 6.45) is 0.206. The molecule has 2 aromatic rings. The molecule has 2 aromatic heterocycles. The predicted molar refractivity (Wildman–Crippen MR) is 101 cm³/mol. The number of thiophene rings is 1. The molecule has 2 N–H and O–H groups in total. The van der Waals surface area contributed by atoms with E-state index in [-0.39, 0.29) is 18.0 Å². The van der Waals surface area contributed by atoms with Crippen LogP contribution in [0.15, 0.2) is 39.8 Å². The summed E-state index contributed by atoms with van der Waals surface area (Å²) >= 11 is 2.89. The smallest absolute Gasteiger partial charge is 0.353 e. The number of rotatable bonds is 5. The van der Waals surface area contributed by atoms with E-state index < -0.39 is 23.3 Å². The predicted octanol–water partition coefficient (Wildman–Crippen LogP) is 2.09. The van der Waals surface area contributed by atoms with Gasteiger partial charge in [-0.1, -0.05) is 6.07 Å². The second kappa shape index (κ2) is 6.90. The van der Waals surface area contributed by atoms with Crippen LogP contribution >= 0.6 is 23.1 Å². The van der Waals surface area contributed by atoms with Crippen LogP contribution in [0.4, 0.5) is 0 Å². The van der Waals surface area contributed by atoms with Crippen molar-refractivity contribution in [2.45, 2.75) is 24.8 Å². The van der Waals surface area contributed by atoms with Gasteiger partial charge in [-0.3, -0.25) is 14.5 Å². The number of carboxylic acids is 1. The minimum Gasteiger partial charge on any atom is -0.477 e. The third-order valence-electron chi connectivity index (χ3n) is 4.44. The first-order valence-corrected chi connectivity index (χ1v) is 10.2. The van der Waals surface area contributed by atoms with Crippen LogP contribution in [-0.4, -0.2) is 45.0 Å². The molecule has 27 heavy (non-hydrogen) atoms. The molecule has 4 rings (SSSR count). The van der Waals surface area contributed by atoms with Gasteiger partial charge < -0.3 is 14.8 Å². The van der Waals surface area contributed by atoms with Crippen molar-refractivity contribution in [3.63, 3.8) is 0 Å². The molecular formula is C18H16N2O5S2. The van der Waals surface area contributed by atoms with Crippen LogP contribution in [-0.2, 0) is 20.8 Å². The van der Waals surface area contributed by atoms with E-state index in [2.05, 4.69) is 5.32 Å². The van der Waals surface area contributed by atoms with Crippen LogP contribution < -0.4 is 5.32 Å². The zero-order chi connectivity index (χ0) is 19.1. The highest BCUT2D eigenvalue weighted by Crippen LogP contribution is 2.43. The molecule has 2 amide bonds. The van der Waals surface area contributed by atoms with Gasteiger partial charge in [-0.25, -0.2) is 4.79 Å². The maximum atomic E-state index is 12.6. The molecule has 140 valence electrons. The topological polar surface area (TPSA) is 99.9 Å². The van der Waals surface area contributed by atoms with Crippen molar-refractivity contribution in [2.75, 3.05) is 5.75 Å². The number of nitrogens with zero attached hydrogens (tertiary/aromatic N) is 1. The number of carboxylic acid groups (broad SMARTS) is 1. The summed E-state index contributed by atoms with van der Waals surface area (Å²) in [5, 5.41) is 13.9. The summed E-state index contributed by atoms with van der Waals surface area (Å²) < 4.78 is 5.56. The Morgan fingerprint density at radius 1 is 1.37 bits per heavy atom. The molecule has 4 heterocycles. The van der Waals surface area contributed by atoms with Gasteiger partial charge in [0.15, 0.2) is 0 Å². The lowest BCUT2D eigenvalue weighted by molar-refractivity contribution is -0.150. The average Bonchev–Trinajstić information content (AvgIpc) is 3.29. The van der Waals surface area contributed by atoms with Crippen molar-refractivity contribution in [2.24, 2.45) is 0 Å². The molecule has 0 aliphatic carbocycles. The van der Waals surface area contributed by atoms with Gasteiger partial charge in [-0.15, -0.1) is 23.1 Å². The number of thioether (sulfide) groups is 1. The minimum absolute atomic E-state index is 0.0677. The van der Waals surface area contributed by atoms with E-state index in [4.69, 9.17) is 4.42 Å². The number of hydrogen-bond acceptors (Lipinski definition) is 6. The second-order valence-corrected chi connectivity index (χ2v) is 8.39. The van der Waals surface area contributed by atoms with Crippen LogP contribution in [0.5, 0.6) is 0 Å². The molecule has 9 heteroatoms. The van der Waals surface area contributed by atoms with Crippen LogP contribution in [0, 0.1) is 6.92 Å². The molecule has 2 aliphatic heterocycles. The summed E-state index contributed by atoms with van der Waals surface area (Å²) in [6.45, 7) is 1.78. The van der Waals surface area contributed by atoms with Crippen molar-refractivity contribution in [1.29, 1.82) is 0 Å². The summed E-state index contributed by atoms with van der Waals surface area (Å²) in [5.74, 6) is -0.326. The van der Waals surface area contributed by atoms with E-state index in [0.29, 0.717) is 22.8 Å². The molecule has 0 saturated carbocycles. The lowest BCUT2D eigenvalue weighted by Gasteiger charge is -2.49. The first-order valence-electron chi connectivity index (χ1n) is 8.25. The van der Waals surface area contributed by atoms with Crippen molar-refractivity contribution >= 4 is 46.5 Å². The largest absolute Gasteiger partial charge is 0.477 e. The van der Waals surface area contributed by atoms with Gasteiger partial charge in [-0.2, -0.15) is 0 Å². The fourth-order valence-electron chi connectivity index (χ4n) is 3.20. The van der Waals surface area contributed by atoms with Gasteiger partial charge in [0, 0.05) is 16.2 Å². The number of aryl methyl sites for hydroxylation is 1. The highest BCUT2D eigenvalue weighted by molar-refractivity contribution is 8.00. The molecule has 1 saturated heterocycles. The Labute approximate surface area is 163 Å². The van der Waals surface area contributed by atoms with Crippen LogP contribution in [0.1, 0.15) is 16.4 Å². The summed E-state index contributed by atoms with van der Waals surface area (Å²) in [6, 6.07) is 6.47. The van der Waals surface area contributed by atoms with Crippen LogP contribution in [0.3, 0.4) is 0 Å². The zero-order valence-corrected chi connectivity index (χ0v) is 15.9. The summed E-state index contributed by atoms with van der Waals surface area (Å²) in [7, 11) is 0. The third-order valence-corrected chi connectivity index (χ3v) is 6.60. The Bertz CT molecular complexity index is 947. The van der Waals surface area contributed by atoms with Gasteiger partial charge in [0.25, 0.3) is 5.91 Å². The Morgan fingerprint density at radius 3 is 2.81 bits per heavy atom. The summed E-state index contributed by atoms with van der Waals surface area (Å²) in [5.41, 5.74) is 0.412. The van der Waals surface area contributed by atoms with Gasteiger partial charge in [0.1, 0.15) is 28.6 Å². The number of nitrogens with one attached hydrogen (secondary N) is 1. The van der Waals surface area contributed by atoms with Crippen molar-refractivity contribution in [3.8, 4) is 0 Å². The maximum Gasteiger partial charge on any atom is 0.353 e. The molecular weight excluding hydrogens is 388 g/mol. The van der Waals surface area contributed by atoms with Gasteiger partial charge in [0.05, 0.1) is 6.42 Å². The van der Waals surface area contributed by atoms with Gasteiger partial charge in [-0.05, 0) is 30.5 Å². The summed E-state index contributed by atoms with van der Waals surface area (Å²) in [4.78, 5) is 38.8. The molecule has 0 unspecified atom stereocenters. The number of hydrogen-bond donors (Lipinski definition) is 2. The number of furan rings is 1. The number of carbonyl (C=O) groups is 3. The monoisotopic (exact) mass is 404 g/mol. The highest BCUT2D eigenvalue weighted by atomic mass is 32.2. The van der Waals surface area contributed by atoms with E-state index in [1.165, 1.54) is 28.0 Å². The van der Waals surface area contributed by atoms with Crippen molar-refractivity contribution < 1.29 is 23.9 Å². The Kier molecular flexibility index (Phi) is 4.56. The molecule has 2 aliphatic rings. The molecule has 0 bridgehead atoms. The number of fused-ring (bicyclic) bond motifs is 1. The van der Waals surface area contributed by atoms with E-state index in [1.807, 2.05) is 17.5 Å². The van der Waals surface area contributed by atoms with Gasteiger partial charge >= 0.3 is 5.97 Å². The number of aliphatic carboxylic acids is 1. The van der Waals surface area contributed by atoms with E-state index in [0.717, 1.165) is 4.88 Å². The SMILES string of the molecule is Cc1ccc(C2=C(C(=O)O)N3C(=O)[C@@H](NC(=O)Cc4cccs4)[C@@H]3SC2)o1. The van der Waals surface area contributed by atoms with E-state index in [9.17, 15) is 19.5 Å². The standard InChI is InChI=1S/C18H16N2O5S2/c1-9-4-5-12(25-9)11-8-27-17-14(16(22)20(17)15(11)18(23)24)19-13(21)7-10-3-2-6-26-10/h2-6,14,17H,7-8H2,1H3,(H,19,21)(H,23,24)/t14-,17+/m1/s1. The molecule has 1 fully saturated rings. The number of carbonyl (C=O) groups excluding carboxylic acids is 2. The maximum absolute atomic E-state index is 12.6. The number of β-lactam (4-membered cyclic amide) rings is 1. The lowest BCUT2D eigenvalue weighted by atomic mass is 10.0. The molecule has 0 aromatic carbocycles. The molecule has 0 radical (unpaired) electrons. The Hall–Kier alpha value is -2.52. The Morgan fingerprint density at radius 2 is 2.19 bits per heavy atom. The molecule has 0 spiro atoms. The Balaban J connectivity index is 1.54. The van der Waals surface area contributed by atoms with Gasteiger partial charge in [0.2, 0.25) is 5.91 Å². The fourth-order valence-corrected chi connectivity index (χ4v) is 5.26. The first-order chi connectivity index (χ1) is 13.0. The van der Waals surface area contributed by atoms with Crippen LogP contribution in [0.25, 0.3) is 5.57 Å². The lowest BCUT2D eigenvalue weighted by Crippen LogP contribution is -2.70. The average molecular weight is 404 g/mol. The zero-order valence-electron chi connectivity index (χ0n) is 14.3. The first kappa shape index (κ1) is 17.9. The normalized spacial score (nSPS) is 21.7. The highest BCUT2D eigenvalue weighted by Gasteiger charge is 2.54. The van der Waals surface area contributed by atoms with Crippen molar-refractivity contribution in [3.05, 3.63) is 51.7 Å². The quantitative estimate of drug-likeness (QED) is 0.741. The minimum atomic E-state index is -1.18. The fraction of sp³-hybridized carbons (Fsp3) is 0.278. The number of amides is 2. The van der Waals surface area contributed by atoms with Crippen LogP contribution in [0.2, 0.25) is 0 Å². The second-order valence-electron chi connectivity index (χ2n) is 6.25. The van der Waals surface area contributed by atoms with Crippen molar-refractivity contribution in [1.82, 2.24) is 10.2 Å². The van der Waals surface area contributed by atoms with E-state index >= 15 is 0 Å². The third kappa shape index (κ3) is 3.17. The van der Waals surface area contributed by atoms with E-state index in [1.54, 1.807) is 19.1 Å². The molecule has 7 nitrogen and oxygen atoms in total.